The highest BCUT2D eigenvalue weighted by Gasteiger charge is 2.15. The molecule has 0 bridgehead atoms. The number of sulfonamides is 1. The Hall–Kier alpha value is -1.02. The predicted molar refractivity (Wildman–Crippen MR) is 65.1 cm³/mol. The summed E-state index contributed by atoms with van der Waals surface area (Å²) in [5, 5.41) is 11.3. The summed E-state index contributed by atoms with van der Waals surface area (Å²) in [4.78, 5) is -0.0577. The normalized spacial score (nSPS) is 12.7. The van der Waals surface area contributed by atoms with Crippen LogP contribution in [-0.2, 0) is 10.0 Å². The van der Waals surface area contributed by atoms with Crippen molar-refractivity contribution < 1.29 is 13.6 Å². The van der Waals surface area contributed by atoms with Gasteiger partial charge in [0.15, 0.2) is 5.84 Å². The van der Waals surface area contributed by atoms with Crippen molar-refractivity contribution in [2.45, 2.75) is 4.90 Å². The van der Waals surface area contributed by atoms with E-state index in [4.69, 9.17) is 34.1 Å². The largest absolute Gasteiger partial charge is 0.409 e. The smallest absolute Gasteiger partial charge is 0.241 e. The van der Waals surface area contributed by atoms with Crippen molar-refractivity contribution in [3.05, 3.63) is 28.2 Å². The molecule has 0 spiro atoms. The number of nitrogens with two attached hydrogens (primary N) is 1. The summed E-state index contributed by atoms with van der Waals surface area (Å²) in [6.07, 6.45) is 0. The third-order valence-corrected chi connectivity index (χ3v) is 3.91. The minimum absolute atomic E-state index is 0.0577. The maximum Gasteiger partial charge on any atom is 0.241 e. The van der Waals surface area contributed by atoms with Crippen LogP contribution in [0, 0.1) is 0 Å². The molecule has 0 unspecified atom stereocenters. The van der Waals surface area contributed by atoms with Crippen LogP contribution in [0.5, 0.6) is 0 Å². The first-order chi connectivity index (χ1) is 7.86. The molecule has 17 heavy (non-hydrogen) atoms. The molecule has 1 aromatic carbocycles. The van der Waals surface area contributed by atoms with E-state index >= 15 is 0 Å². The molecule has 1 rings (SSSR count). The number of nitrogens with one attached hydrogen (secondary N) is 1. The van der Waals surface area contributed by atoms with E-state index in [9.17, 15) is 8.42 Å². The monoisotopic (exact) mass is 297 g/mol. The first-order valence-corrected chi connectivity index (χ1v) is 6.52. The zero-order valence-electron chi connectivity index (χ0n) is 8.39. The van der Waals surface area contributed by atoms with Crippen molar-refractivity contribution in [1.82, 2.24) is 4.72 Å². The van der Waals surface area contributed by atoms with Gasteiger partial charge in [-0.05, 0) is 18.2 Å². The third kappa shape index (κ3) is 3.74. The van der Waals surface area contributed by atoms with Gasteiger partial charge in [-0.25, -0.2) is 13.1 Å². The molecule has 0 amide bonds. The predicted octanol–water partition coefficient (Wildman–Crippen LogP) is 1.02. The summed E-state index contributed by atoms with van der Waals surface area (Å²) >= 11 is 11.4. The lowest BCUT2D eigenvalue weighted by molar-refractivity contribution is 0.317. The highest BCUT2D eigenvalue weighted by molar-refractivity contribution is 7.89. The molecule has 0 atom stereocenters. The van der Waals surface area contributed by atoms with E-state index in [0.29, 0.717) is 0 Å². The van der Waals surface area contributed by atoms with E-state index in [0.717, 1.165) is 0 Å². The quantitative estimate of drug-likeness (QED) is 0.334. The molecule has 1 aromatic rings. The van der Waals surface area contributed by atoms with E-state index in [1.165, 1.54) is 18.2 Å². The van der Waals surface area contributed by atoms with Crippen LogP contribution in [0.1, 0.15) is 0 Å². The molecule has 0 saturated carbocycles. The lowest BCUT2D eigenvalue weighted by Crippen LogP contribution is -2.33. The van der Waals surface area contributed by atoms with Crippen molar-refractivity contribution in [1.29, 1.82) is 0 Å². The Balaban J connectivity index is 2.94. The van der Waals surface area contributed by atoms with Gasteiger partial charge in [-0.15, -0.1) is 0 Å². The van der Waals surface area contributed by atoms with Crippen molar-refractivity contribution in [3.63, 3.8) is 0 Å². The molecule has 0 saturated heterocycles. The van der Waals surface area contributed by atoms with Crippen LogP contribution < -0.4 is 10.5 Å². The van der Waals surface area contributed by atoms with Gasteiger partial charge < -0.3 is 10.9 Å². The number of nitrogens with zero attached hydrogens (tertiary/aromatic N) is 1. The van der Waals surface area contributed by atoms with Gasteiger partial charge in [0.05, 0.1) is 21.5 Å². The minimum Gasteiger partial charge on any atom is -0.409 e. The van der Waals surface area contributed by atoms with Crippen LogP contribution in [0.15, 0.2) is 28.3 Å². The SMILES string of the molecule is N/C(CNS(=O)(=O)c1ccc(Cl)c(Cl)c1)=N\O. The fourth-order valence-electron chi connectivity index (χ4n) is 0.932. The van der Waals surface area contributed by atoms with Gasteiger partial charge in [0.1, 0.15) is 0 Å². The van der Waals surface area contributed by atoms with Gasteiger partial charge >= 0.3 is 0 Å². The van der Waals surface area contributed by atoms with Crippen molar-refractivity contribution >= 4 is 39.1 Å². The Bertz CT molecular complexity index is 545. The third-order valence-electron chi connectivity index (χ3n) is 1.77. The molecule has 4 N–H and O–H groups in total. The zero-order valence-corrected chi connectivity index (χ0v) is 10.7. The second kappa shape index (κ2) is 5.54. The summed E-state index contributed by atoms with van der Waals surface area (Å²) in [5.41, 5.74) is 5.14. The number of halogens is 2. The number of rotatable bonds is 4. The van der Waals surface area contributed by atoms with E-state index < -0.39 is 10.0 Å². The standard InChI is InChI=1S/C8H9Cl2N3O3S/c9-6-2-1-5(3-7(6)10)17(15,16)12-4-8(11)13-14/h1-3,12,14H,4H2,(H2,11,13). The maximum atomic E-state index is 11.7. The number of hydrogen-bond acceptors (Lipinski definition) is 4. The average Bonchev–Trinajstić information content (AvgIpc) is 2.29. The van der Waals surface area contributed by atoms with Crippen LogP contribution in [0.2, 0.25) is 10.0 Å². The minimum atomic E-state index is -3.77. The Morgan fingerprint density at radius 1 is 1.41 bits per heavy atom. The van der Waals surface area contributed by atoms with Gasteiger partial charge in [-0.2, -0.15) is 0 Å². The second-order valence-electron chi connectivity index (χ2n) is 2.99. The Morgan fingerprint density at radius 2 is 2.06 bits per heavy atom. The summed E-state index contributed by atoms with van der Waals surface area (Å²) in [5.74, 6) is -0.256. The first kappa shape index (κ1) is 14.0. The second-order valence-corrected chi connectivity index (χ2v) is 5.57. The molecular weight excluding hydrogens is 289 g/mol. The summed E-state index contributed by atoms with van der Waals surface area (Å²) in [6.45, 7) is -0.306. The molecule has 6 nitrogen and oxygen atoms in total. The number of oxime groups is 1. The lowest BCUT2D eigenvalue weighted by atomic mass is 10.4. The van der Waals surface area contributed by atoms with Crippen LogP contribution in [0.4, 0.5) is 0 Å². The molecular formula is C8H9Cl2N3O3S. The van der Waals surface area contributed by atoms with E-state index in [2.05, 4.69) is 9.88 Å². The van der Waals surface area contributed by atoms with E-state index in [1.807, 2.05) is 0 Å². The fourth-order valence-corrected chi connectivity index (χ4v) is 2.32. The maximum absolute atomic E-state index is 11.7. The van der Waals surface area contributed by atoms with Crippen molar-refractivity contribution in [2.24, 2.45) is 10.9 Å². The molecule has 0 aliphatic heterocycles. The number of hydrogen-bond donors (Lipinski definition) is 3. The molecule has 0 heterocycles. The van der Waals surface area contributed by atoms with Crippen LogP contribution in [0.3, 0.4) is 0 Å². The summed E-state index contributed by atoms with van der Waals surface area (Å²) < 4.78 is 25.5. The van der Waals surface area contributed by atoms with Gasteiger partial charge in [0.25, 0.3) is 0 Å². The summed E-state index contributed by atoms with van der Waals surface area (Å²) in [7, 11) is -3.77. The first-order valence-electron chi connectivity index (χ1n) is 4.28. The zero-order chi connectivity index (χ0) is 13.1. The van der Waals surface area contributed by atoms with Crippen LogP contribution in [0.25, 0.3) is 0 Å². The average molecular weight is 298 g/mol. The molecule has 0 fully saturated rings. The Kier molecular flexibility index (Phi) is 4.58. The Morgan fingerprint density at radius 3 is 2.59 bits per heavy atom. The van der Waals surface area contributed by atoms with E-state index in [-0.39, 0.29) is 27.3 Å². The molecule has 0 radical (unpaired) electrons. The van der Waals surface area contributed by atoms with Crippen molar-refractivity contribution in [2.75, 3.05) is 6.54 Å². The molecule has 9 heteroatoms. The van der Waals surface area contributed by atoms with Crippen LogP contribution >= 0.6 is 23.2 Å². The van der Waals surface area contributed by atoms with E-state index in [1.54, 1.807) is 0 Å². The van der Waals surface area contributed by atoms with Crippen LogP contribution in [-0.4, -0.2) is 26.0 Å². The van der Waals surface area contributed by atoms with Crippen molar-refractivity contribution in [3.8, 4) is 0 Å². The lowest BCUT2D eigenvalue weighted by Gasteiger charge is -2.06. The van der Waals surface area contributed by atoms with Gasteiger partial charge in [-0.1, -0.05) is 28.4 Å². The highest BCUT2D eigenvalue weighted by atomic mass is 35.5. The van der Waals surface area contributed by atoms with Gasteiger partial charge in [0, 0.05) is 0 Å². The molecule has 94 valence electrons. The fraction of sp³-hybridized carbons (Fsp3) is 0.125. The summed E-state index contributed by atoms with van der Waals surface area (Å²) in [6, 6.07) is 3.86. The molecule has 0 aromatic heterocycles. The number of amidine groups is 1. The molecule has 0 aliphatic rings. The van der Waals surface area contributed by atoms with Gasteiger partial charge in [-0.3, -0.25) is 0 Å². The van der Waals surface area contributed by atoms with Gasteiger partial charge in [0.2, 0.25) is 10.0 Å². The molecule has 0 aliphatic carbocycles. The topological polar surface area (TPSA) is 105 Å². The number of benzene rings is 1. The highest BCUT2D eigenvalue weighted by Crippen LogP contribution is 2.24. The Labute approximate surface area is 108 Å².